The molecule has 0 spiro atoms. The zero-order chi connectivity index (χ0) is 19.5. The second kappa shape index (κ2) is 7.60. The zero-order valence-electron chi connectivity index (χ0n) is 15.7. The smallest absolute Gasteiger partial charge is 0.356 e. The summed E-state index contributed by atoms with van der Waals surface area (Å²) >= 11 is 0. The standard InChI is InChI=1S/C22H20N2O4/c1-3-28-22(25)19-6-4-5-15(23-19)11-18-17-8-7-16(26-2)12-20(17)24-21(18)14-9-10-27-13-14/h4-10,12-13,24H,3,11H2,1-2H3. The quantitative estimate of drug-likeness (QED) is 0.498. The van der Waals surface area contributed by atoms with Crippen molar-refractivity contribution in [3.63, 3.8) is 0 Å². The van der Waals surface area contributed by atoms with Crippen molar-refractivity contribution < 1.29 is 18.7 Å². The molecule has 0 unspecified atom stereocenters. The Morgan fingerprint density at radius 3 is 2.86 bits per heavy atom. The molecular formula is C22H20N2O4. The molecule has 3 aromatic heterocycles. The Kier molecular flexibility index (Phi) is 4.85. The van der Waals surface area contributed by atoms with Crippen molar-refractivity contribution in [1.29, 1.82) is 0 Å². The first-order valence-corrected chi connectivity index (χ1v) is 9.03. The highest BCUT2D eigenvalue weighted by molar-refractivity contribution is 5.92. The van der Waals surface area contributed by atoms with Crippen LogP contribution in [0.15, 0.2) is 59.4 Å². The molecule has 1 N–H and O–H groups in total. The maximum Gasteiger partial charge on any atom is 0.356 e. The van der Waals surface area contributed by atoms with Crippen LogP contribution in [0, 0.1) is 0 Å². The van der Waals surface area contributed by atoms with Gasteiger partial charge in [0.2, 0.25) is 0 Å². The fourth-order valence-corrected chi connectivity index (χ4v) is 3.28. The van der Waals surface area contributed by atoms with Gasteiger partial charge in [0, 0.05) is 34.6 Å². The number of esters is 1. The number of methoxy groups -OCH3 is 1. The fraction of sp³-hybridized carbons (Fsp3) is 0.182. The largest absolute Gasteiger partial charge is 0.497 e. The number of H-pyrrole nitrogens is 1. The minimum atomic E-state index is -0.414. The van der Waals surface area contributed by atoms with Crippen molar-refractivity contribution in [1.82, 2.24) is 9.97 Å². The van der Waals surface area contributed by atoms with Crippen molar-refractivity contribution in [2.75, 3.05) is 13.7 Å². The molecule has 0 saturated heterocycles. The molecule has 0 bridgehead atoms. The van der Waals surface area contributed by atoms with E-state index in [0.29, 0.717) is 18.7 Å². The number of hydrogen-bond acceptors (Lipinski definition) is 5. The molecular weight excluding hydrogens is 356 g/mol. The van der Waals surface area contributed by atoms with Crippen molar-refractivity contribution in [3.8, 4) is 17.0 Å². The lowest BCUT2D eigenvalue weighted by Crippen LogP contribution is -2.08. The van der Waals surface area contributed by atoms with Gasteiger partial charge in [0.25, 0.3) is 0 Å². The van der Waals surface area contributed by atoms with Crippen LogP contribution in [0.3, 0.4) is 0 Å². The summed E-state index contributed by atoms with van der Waals surface area (Å²) in [7, 11) is 1.65. The van der Waals surface area contributed by atoms with E-state index in [-0.39, 0.29) is 0 Å². The summed E-state index contributed by atoms with van der Waals surface area (Å²) in [6.07, 6.45) is 3.90. The molecule has 0 fully saturated rings. The Bertz CT molecular complexity index is 1110. The van der Waals surface area contributed by atoms with Crippen LogP contribution in [0.5, 0.6) is 5.75 Å². The van der Waals surface area contributed by atoms with Gasteiger partial charge in [-0.3, -0.25) is 0 Å². The molecule has 0 saturated carbocycles. The van der Waals surface area contributed by atoms with Crippen LogP contribution in [0.1, 0.15) is 28.7 Å². The topological polar surface area (TPSA) is 77.3 Å². The van der Waals surface area contributed by atoms with Gasteiger partial charge in [-0.15, -0.1) is 0 Å². The third-order valence-electron chi connectivity index (χ3n) is 4.57. The summed E-state index contributed by atoms with van der Waals surface area (Å²) in [4.78, 5) is 20.0. The molecule has 0 radical (unpaired) electrons. The second-order valence-electron chi connectivity index (χ2n) is 6.31. The van der Waals surface area contributed by atoms with E-state index < -0.39 is 5.97 Å². The van der Waals surface area contributed by atoms with Crippen LogP contribution in [0.2, 0.25) is 0 Å². The Labute approximate surface area is 162 Å². The van der Waals surface area contributed by atoms with Gasteiger partial charge >= 0.3 is 5.97 Å². The maximum atomic E-state index is 12.0. The highest BCUT2D eigenvalue weighted by atomic mass is 16.5. The number of pyridine rings is 1. The number of furan rings is 1. The summed E-state index contributed by atoms with van der Waals surface area (Å²) in [5.74, 6) is 0.365. The summed E-state index contributed by atoms with van der Waals surface area (Å²) in [5.41, 5.74) is 5.05. The lowest BCUT2D eigenvalue weighted by Gasteiger charge is -2.06. The minimum Gasteiger partial charge on any atom is -0.497 e. The normalized spacial score (nSPS) is 10.9. The number of nitrogens with zero attached hydrogens (tertiary/aromatic N) is 1. The highest BCUT2D eigenvalue weighted by Crippen LogP contribution is 2.34. The molecule has 0 aliphatic heterocycles. The van der Waals surface area contributed by atoms with Crippen LogP contribution < -0.4 is 4.74 Å². The number of ether oxygens (including phenoxy) is 2. The molecule has 0 aliphatic rings. The van der Waals surface area contributed by atoms with E-state index in [1.165, 1.54) is 0 Å². The SMILES string of the molecule is CCOC(=O)c1cccc(Cc2c(-c3ccoc3)[nH]c3cc(OC)ccc23)n1. The van der Waals surface area contributed by atoms with Gasteiger partial charge in [0.15, 0.2) is 0 Å². The van der Waals surface area contributed by atoms with Crippen molar-refractivity contribution in [3.05, 3.63) is 71.9 Å². The van der Waals surface area contributed by atoms with E-state index in [9.17, 15) is 4.79 Å². The number of aromatic amines is 1. The van der Waals surface area contributed by atoms with Gasteiger partial charge in [0.05, 0.1) is 31.9 Å². The number of carbonyl (C=O) groups excluding carboxylic acids is 1. The molecule has 142 valence electrons. The molecule has 3 heterocycles. The van der Waals surface area contributed by atoms with Crippen LogP contribution in [0.4, 0.5) is 0 Å². The number of benzene rings is 1. The maximum absolute atomic E-state index is 12.0. The van der Waals surface area contributed by atoms with Crippen molar-refractivity contribution >= 4 is 16.9 Å². The van der Waals surface area contributed by atoms with Gasteiger partial charge < -0.3 is 18.9 Å². The predicted octanol–water partition coefficient (Wildman–Crippen LogP) is 4.60. The van der Waals surface area contributed by atoms with E-state index in [1.54, 1.807) is 32.6 Å². The lowest BCUT2D eigenvalue weighted by molar-refractivity contribution is 0.0519. The number of aromatic nitrogens is 2. The van der Waals surface area contributed by atoms with E-state index in [4.69, 9.17) is 13.9 Å². The van der Waals surface area contributed by atoms with Crippen LogP contribution in [0.25, 0.3) is 22.2 Å². The third kappa shape index (κ3) is 3.36. The third-order valence-corrected chi connectivity index (χ3v) is 4.57. The first-order chi connectivity index (χ1) is 13.7. The second-order valence-corrected chi connectivity index (χ2v) is 6.31. The molecule has 28 heavy (non-hydrogen) atoms. The van der Waals surface area contributed by atoms with Gasteiger partial charge in [-0.2, -0.15) is 0 Å². The first-order valence-electron chi connectivity index (χ1n) is 9.03. The zero-order valence-corrected chi connectivity index (χ0v) is 15.7. The Balaban J connectivity index is 1.78. The van der Waals surface area contributed by atoms with Crippen molar-refractivity contribution in [2.24, 2.45) is 0 Å². The van der Waals surface area contributed by atoms with Gasteiger partial charge in [-0.25, -0.2) is 9.78 Å². The number of nitrogens with one attached hydrogen (secondary N) is 1. The van der Waals surface area contributed by atoms with E-state index >= 15 is 0 Å². The predicted molar refractivity (Wildman–Crippen MR) is 106 cm³/mol. The van der Waals surface area contributed by atoms with E-state index in [0.717, 1.165) is 39.2 Å². The van der Waals surface area contributed by atoms with Crippen LogP contribution in [-0.2, 0) is 11.2 Å². The molecule has 6 heteroatoms. The molecule has 1 aromatic carbocycles. The van der Waals surface area contributed by atoms with Crippen LogP contribution in [-0.4, -0.2) is 29.7 Å². The van der Waals surface area contributed by atoms with Crippen LogP contribution >= 0.6 is 0 Å². The molecule has 0 atom stereocenters. The summed E-state index contributed by atoms with van der Waals surface area (Å²) in [6, 6.07) is 13.2. The van der Waals surface area contributed by atoms with Gasteiger partial charge in [-0.1, -0.05) is 6.07 Å². The Morgan fingerprint density at radius 1 is 1.21 bits per heavy atom. The minimum absolute atomic E-state index is 0.311. The number of rotatable bonds is 6. The van der Waals surface area contributed by atoms with E-state index in [1.807, 2.05) is 36.4 Å². The number of carbonyl (C=O) groups is 1. The number of fused-ring (bicyclic) bond motifs is 1. The Hall–Kier alpha value is -3.54. The molecule has 0 amide bonds. The fourth-order valence-electron chi connectivity index (χ4n) is 3.28. The average molecular weight is 376 g/mol. The number of hydrogen-bond donors (Lipinski definition) is 1. The van der Waals surface area contributed by atoms with Gasteiger partial charge in [-0.05, 0) is 42.8 Å². The average Bonchev–Trinajstić information content (AvgIpc) is 3.36. The summed E-state index contributed by atoms with van der Waals surface area (Å²) in [5, 5.41) is 1.07. The van der Waals surface area contributed by atoms with Crippen molar-refractivity contribution in [2.45, 2.75) is 13.3 Å². The van der Waals surface area contributed by atoms with E-state index in [2.05, 4.69) is 9.97 Å². The monoisotopic (exact) mass is 376 g/mol. The van der Waals surface area contributed by atoms with Gasteiger partial charge in [0.1, 0.15) is 11.4 Å². The first kappa shape index (κ1) is 17.9. The highest BCUT2D eigenvalue weighted by Gasteiger charge is 2.17. The summed E-state index contributed by atoms with van der Waals surface area (Å²) < 4.78 is 15.7. The molecule has 4 rings (SSSR count). The Morgan fingerprint density at radius 2 is 2.11 bits per heavy atom. The molecule has 0 aliphatic carbocycles. The lowest BCUT2D eigenvalue weighted by atomic mass is 10.0. The molecule has 4 aromatic rings. The molecule has 6 nitrogen and oxygen atoms in total. The summed E-state index contributed by atoms with van der Waals surface area (Å²) in [6.45, 7) is 2.10.